The molecule has 3 nitrogen and oxygen atoms in total. The van der Waals surface area contributed by atoms with E-state index in [1.165, 1.54) is 6.07 Å². The number of amides is 1. The number of benzene rings is 1. The Bertz CT molecular complexity index is 447. The molecule has 0 saturated carbocycles. The van der Waals surface area contributed by atoms with Gasteiger partial charge in [0.15, 0.2) is 0 Å². The van der Waals surface area contributed by atoms with E-state index in [0.29, 0.717) is 24.9 Å². The van der Waals surface area contributed by atoms with Crippen molar-refractivity contribution < 1.29 is 13.9 Å². The van der Waals surface area contributed by atoms with E-state index in [2.05, 4.69) is 21.2 Å². The van der Waals surface area contributed by atoms with E-state index in [-0.39, 0.29) is 17.8 Å². The molecule has 1 fully saturated rings. The SMILES string of the molecule is O=C(C[C@H]1CCCO1)NCCc1ccc(Br)cc1F. The summed E-state index contributed by atoms with van der Waals surface area (Å²) in [6.07, 6.45) is 2.94. The van der Waals surface area contributed by atoms with Crippen LogP contribution in [0.1, 0.15) is 24.8 Å². The standard InChI is InChI=1S/C14H17BrFNO2/c15-11-4-3-10(13(16)8-11)5-6-17-14(18)9-12-2-1-7-19-12/h3-4,8,12H,1-2,5-7,9H2,(H,17,18)/t12-/m1/s1. The van der Waals surface area contributed by atoms with Gasteiger partial charge in [-0.05, 0) is 37.0 Å². The largest absolute Gasteiger partial charge is 0.378 e. The molecule has 1 heterocycles. The van der Waals surface area contributed by atoms with Crippen molar-refractivity contribution in [2.24, 2.45) is 0 Å². The van der Waals surface area contributed by atoms with Gasteiger partial charge in [-0.25, -0.2) is 4.39 Å². The summed E-state index contributed by atoms with van der Waals surface area (Å²) in [7, 11) is 0. The first-order chi connectivity index (χ1) is 9.15. The van der Waals surface area contributed by atoms with Crippen LogP contribution in [-0.2, 0) is 16.0 Å². The minimum Gasteiger partial charge on any atom is -0.378 e. The van der Waals surface area contributed by atoms with Crippen LogP contribution in [0.5, 0.6) is 0 Å². The first-order valence-corrected chi connectivity index (χ1v) is 7.26. The number of ether oxygens (including phenoxy) is 1. The van der Waals surface area contributed by atoms with Crippen molar-refractivity contribution in [2.75, 3.05) is 13.2 Å². The van der Waals surface area contributed by atoms with Crippen LogP contribution in [0, 0.1) is 5.82 Å². The quantitative estimate of drug-likeness (QED) is 0.902. The van der Waals surface area contributed by atoms with Gasteiger partial charge in [-0.15, -0.1) is 0 Å². The lowest BCUT2D eigenvalue weighted by Gasteiger charge is -2.10. The summed E-state index contributed by atoms with van der Waals surface area (Å²) in [5.41, 5.74) is 0.612. The maximum absolute atomic E-state index is 13.5. The minimum absolute atomic E-state index is 0.0237. The van der Waals surface area contributed by atoms with Crippen LogP contribution in [0.15, 0.2) is 22.7 Å². The van der Waals surface area contributed by atoms with Gasteiger partial charge >= 0.3 is 0 Å². The summed E-state index contributed by atoms with van der Waals surface area (Å²) in [4.78, 5) is 11.6. The molecule has 1 aromatic carbocycles. The lowest BCUT2D eigenvalue weighted by atomic mass is 10.1. The monoisotopic (exact) mass is 329 g/mol. The van der Waals surface area contributed by atoms with Gasteiger partial charge in [-0.3, -0.25) is 4.79 Å². The van der Waals surface area contributed by atoms with Crippen LogP contribution in [-0.4, -0.2) is 25.2 Å². The second-order valence-electron chi connectivity index (χ2n) is 4.67. The van der Waals surface area contributed by atoms with E-state index in [0.717, 1.165) is 23.9 Å². The van der Waals surface area contributed by atoms with Gasteiger partial charge in [0.25, 0.3) is 0 Å². The van der Waals surface area contributed by atoms with Crippen LogP contribution < -0.4 is 5.32 Å². The van der Waals surface area contributed by atoms with E-state index < -0.39 is 0 Å². The summed E-state index contributed by atoms with van der Waals surface area (Å²) in [6.45, 7) is 1.20. The van der Waals surface area contributed by atoms with Gasteiger partial charge in [0.1, 0.15) is 5.82 Å². The van der Waals surface area contributed by atoms with E-state index >= 15 is 0 Å². The van der Waals surface area contributed by atoms with Crippen molar-refractivity contribution in [1.29, 1.82) is 0 Å². The summed E-state index contributed by atoms with van der Waals surface area (Å²) in [5.74, 6) is -0.271. The lowest BCUT2D eigenvalue weighted by Crippen LogP contribution is -2.29. The summed E-state index contributed by atoms with van der Waals surface area (Å²) in [5, 5.41) is 2.80. The third kappa shape index (κ3) is 4.58. The number of carbonyl (C=O) groups excluding carboxylic acids is 1. The molecule has 0 aliphatic carbocycles. The molecule has 1 aliphatic rings. The van der Waals surface area contributed by atoms with Crippen LogP contribution in [0.3, 0.4) is 0 Å². The molecule has 0 spiro atoms. The average molecular weight is 330 g/mol. The molecule has 0 bridgehead atoms. The van der Waals surface area contributed by atoms with Crippen molar-refractivity contribution in [2.45, 2.75) is 31.8 Å². The molecule has 5 heteroatoms. The summed E-state index contributed by atoms with van der Waals surface area (Å²) >= 11 is 3.21. The fourth-order valence-corrected chi connectivity index (χ4v) is 2.48. The van der Waals surface area contributed by atoms with Gasteiger partial charge in [-0.1, -0.05) is 22.0 Å². The molecule has 0 aromatic heterocycles. The second-order valence-corrected chi connectivity index (χ2v) is 5.59. The summed E-state index contributed by atoms with van der Waals surface area (Å²) in [6, 6.07) is 4.96. The maximum Gasteiger partial charge on any atom is 0.222 e. The molecule has 1 N–H and O–H groups in total. The number of nitrogens with one attached hydrogen (secondary N) is 1. The van der Waals surface area contributed by atoms with Gasteiger partial charge in [0, 0.05) is 17.6 Å². The number of halogens is 2. The van der Waals surface area contributed by atoms with Gasteiger partial charge < -0.3 is 10.1 Å². The molecular formula is C14H17BrFNO2. The Labute approximate surface area is 120 Å². The zero-order valence-electron chi connectivity index (χ0n) is 10.6. The van der Waals surface area contributed by atoms with Crippen molar-refractivity contribution >= 4 is 21.8 Å². The van der Waals surface area contributed by atoms with Crippen LogP contribution in [0.25, 0.3) is 0 Å². The number of carbonyl (C=O) groups is 1. The predicted octanol–water partition coefficient (Wildman–Crippen LogP) is 2.82. The topological polar surface area (TPSA) is 38.3 Å². The van der Waals surface area contributed by atoms with Crippen molar-refractivity contribution in [1.82, 2.24) is 5.32 Å². The first kappa shape index (κ1) is 14.5. The number of hydrogen-bond acceptors (Lipinski definition) is 2. The fraction of sp³-hybridized carbons (Fsp3) is 0.500. The van der Waals surface area contributed by atoms with Crippen LogP contribution >= 0.6 is 15.9 Å². The minimum atomic E-state index is -0.247. The predicted molar refractivity (Wildman–Crippen MR) is 74.4 cm³/mol. The van der Waals surface area contributed by atoms with Gasteiger partial charge in [-0.2, -0.15) is 0 Å². The molecule has 0 radical (unpaired) electrons. The zero-order chi connectivity index (χ0) is 13.7. The molecule has 104 valence electrons. The lowest BCUT2D eigenvalue weighted by molar-refractivity contribution is -0.123. The molecule has 1 amide bonds. The highest BCUT2D eigenvalue weighted by Gasteiger charge is 2.18. The van der Waals surface area contributed by atoms with Crippen molar-refractivity contribution in [3.05, 3.63) is 34.1 Å². The van der Waals surface area contributed by atoms with E-state index in [1.54, 1.807) is 12.1 Å². The Morgan fingerprint density at radius 3 is 3.05 bits per heavy atom. The molecule has 2 rings (SSSR count). The van der Waals surface area contributed by atoms with Crippen LogP contribution in [0.4, 0.5) is 4.39 Å². The first-order valence-electron chi connectivity index (χ1n) is 6.47. The maximum atomic E-state index is 13.5. The third-order valence-electron chi connectivity index (χ3n) is 3.17. The van der Waals surface area contributed by atoms with E-state index in [9.17, 15) is 9.18 Å². The van der Waals surface area contributed by atoms with Gasteiger partial charge in [0.2, 0.25) is 5.91 Å². The normalized spacial score (nSPS) is 18.5. The Morgan fingerprint density at radius 2 is 2.37 bits per heavy atom. The number of rotatable bonds is 5. The smallest absolute Gasteiger partial charge is 0.222 e. The van der Waals surface area contributed by atoms with Gasteiger partial charge in [0.05, 0.1) is 12.5 Å². The molecule has 19 heavy (non-hydrogen) atoms. The summed E-state index contributed by atoms with van der Waals surface area (Å²) < 4.78 is 19.7. The van der Waals surface area contributed by atoms with E-state index in [1.807, 2.05) is 0 Å². The second kappa shape index (κ2) is 7.01. The molecule has 1 aliphatic heterocycles. The Morgan fingerprint density at radius 1 is 1.53 bits per heavy atom. The van der Waals surface area contributed by atoms with Crippen molar-refractivity contribution in [3.8, 4) is 0 Å². The Kier molecular flexibility index (Phi) is 5.34. The highest BCUT2D eigenvalue weighted by Crippen LogP contribution is 2.16. The van der Waals surface area contributed by atoms with Crippen LogP contribution in [0.2, 0.25) is 0 Å². The highest BCUT2D eigenvalue weighted by atomic mass is 79.9. The third-order valence-corrected chi connectivity index (χ3v) is 3.66. The molecular weight excluding hydrogens is 313 g/mol. The number of hydrogen-bond donors (Lipinski definition) is 1. The molecule has 0 unspecified atom stereocenters. The fourth-order valence-electron chi connectivity index (χ4n) is 2.15. The Hall–Kier alpha value is -0.940. The average Bonchev–Trinajstić information content (AvgIpc) is 2.84. The molecule has 1 atom stereocenters. The van der Waals surface area contributed by atoms with E-state index in [4.69, 9.17) is 4.74 Å². The van der Waals surface area contributed by atoms with Crippen molar-refractivity contribution in [3.63, 3.8) is 0 Å². The molecule has 1 aromatic rings. The highest BCUT2D eigenvalue weighted by molar-refractivity contribution is 9.10. The Balaban J connectivity index is 1.72. The zero-order valence-corrected chi connectivity index (χ0v) is 12.2. The molecule has 1 saturated heterocycles.